The first kappa shape index (κ1) is 19.1. The van der Waals surface area contributed by atoms with Gasteiger partial charge in [-0.25, -0.2) is 4.39 Å². The fourth-order valence-corrected chi connectivity index (χ4v) is 2.34. The number of amides is 2. The smallest absolute Gasteiger partial charge is 0.313 e. The average Bonchev–Trinajstić information content (AvgIpc) is 2.46. The van der Waals surface area contributed by atoms with Gasteiger partial charge in [0.2, 0.25) is 0 Å². The van der Waals surface area contributed by atoms with E-state index in [-0.39, 0.29) is 12.5 Å². The fourth-order valence-electron chi connectivity index (χ4n) is 2.34. The number of hydrogen-bond acceptors (Lipinski definition) is 3. The number of aliphatic hydroxyl groups is 1. The number of carbonyl (C=O) groups is 2. The normalized spacial score (nSPS) is 12.9. The minimum absolute atomic E-state index is 0.0394. The van der Waals surface area contributed by atoms with Gasteiger partial charge in [-0.3, -0.25) is 9.59 Å². The molecular formula is C17H25FN2O3. The van der Waals surface area contributed by atoms with Gasteiger partial charge in [0.1, 0.15) is 5.82 Å². The van der Waals surface area contributed by atoms with Crippen LogP contribution in [0.3, 0.4) is 0 Å². The van der Waals surface area contributed by atoms with E-state index in [1.165, 1.54) is 18.2 Å². The number of aliphatic hydroxyl groups excluding tert-OH is 1. The van der Waals surface area contributed by atoms with Crippen molar-refractivity contribution in [3.63, 3.8) is 0 Å². The van der Waals surface area contributed by atoms with Crippen LogP contribution in [0, 0.1) is 24.1 Å². The molecule has 1 aromatic carbocycles. The van der Waals surface area contributed by atoms with Gasteiger partial charge in [-0.15, -0.1) is 0 Å². The third kappa shape index (κ3) is 5.32. The summed E-state index contributed by atoms with van der Waals surface area (Å²) in [5, 5.41) is 15.1. The zero-order chi connectivity index (χ0) is 17.8. The van der Waals surface area contributed by atoms with Crippen molar-refractivity contribution in [2.24, 2.45) is 11.3 Å². The van der Waals surface area contributed by atoms with Crippen molar-refractivity contribution in [3.05, 3.63) is 29.6 Å². The quantitative estimate of drug-likeness (QED) is 0.727. The number of halogens is 1. The van der Waals surface area contributed by atoms with E-state index in [2.05, 4.69) is 10.6 Å². The molecule has 0 radical (unpaired) electrons. The highest BCUT2D eigenvalue weighted by molar-refractivity contribution is 6.39. The van der Waals surface area contributed by atoms with E-state index in [0.717, 1.165) is 0 Å². The van der Waals surface area contributed by atoms with Gasteiger partial charge >= 0.3 is 11.8 Å². The van der Waals surface area contributed by atoms with Crippen LogP contribution in [0.25, 0.3) is 0 Å². The highest BCUT2D eigenvalue weighted by atomic mass is 19.1. The molecule has 6 heteroatoms. The summed E-state index contributed by atoms with van der Waals surface area (Å²) in [5.41, 5.74) is 0.352. The van der Waals surface area contributed by atoms with Gasteiger partial charge in [0.25, 0.3) is 0 Å². The van der Waals surface area contributed by atoms with Crippen molar-refractivity contribution in [2.75, 3.05) is 11.9 Å². The van der Waals surface area contributed by atoms with Gasteiger partial charge in [0.15, 0.2) is 0 Å². The molecule has 2 amide bonds. The number of benzene rings is 1. The van der Waals surface area contributed by atoms with Crippen LogP contribution in [-0.4, -0.2) is 29.6 Å². The number of aryl methyl sites for hydroxylation is 1. The van der Waals surface area contributed by atoms with Crippen molar-refractivity contribution in [1.82, 2.24) is 5.32 Å². The Hall–Kier alpha value is -1.95. The molecule has 1 unspecified atom stereocenters. The zero-order valence-electron chi connectivity index (χ0n) is 14.2. The Morgan fingerprint density at radius 2 is 1.87 bits per heavy atom. The number of anilines is 1. The lowest BCUT2D eigenvalue weighted by Gasteiger charge is -2.33. The standard InChI is InChI=1S/C17H25FN2O3/c1-10(2)14(21)17(4,5)9-19-15(22)16(23)20-13-7-6-12(18)8-11(13)3/h6-8,10,14,21H,9H2,1-5H3,(H,19,22)(H,20,23). The third-order valence-electron chi connectivity index (χ3n) is 3.78. The Balaban J connectivity index is 2.62. The molecule has 0 aliphatic heterocycles. The van der Waals surface area contributed by atoms with E-state index in [0.29, 0.717) is 11.3 Å². The Kier molecular flexibility index (Phi) is 6.27. The molecule has 0 aliphatic rings. The number of hydrogen-bond donors (Lipinski definition) is 3. The molecule has 5 nitrogen and oxygen atoms in total. The van der Waals surface area contributed by atoms with Crippen molar-refractivity contribution in [2.45, 2.75) is 40.7 Å². The summed E-state index contributed by atoms with van der Waals surface area (Å²) in [7, 11) is 0. The Morgan fingerprint density at radius 3 is 2.39 bits per heavy atom. The fraction of sp³-hybridized carbons (Fsp3) is 0.529. The molecule has 0 spiro atoms. The predicted octanol–water partition coefficient (Wildman–Crippen LogP) is 2.23. The van der Waals surface area contributed by atoms with E-state index in [1.54, 1.807) is 6.92 Å². The molecule has 3 N–H and O–H groups in total. The Bertz CT molecular complexity index is 585. The second kappa shape index (κ2) is 7.55. The molecule has 0 saturated carbocycles. The summed E-state index contributed by atoms with van der Waals surface area (Å²) in [6.07, 6.45) is -0.606. The summed E-state index contributed by atoms with van der Waals surface area (Å²) in [5.74, 6) is -1.99. The minimum Gasteiger partial charge on any atom is -0.392 e. The van der Waals surface area contributed by atoms with Gasteiger partial charge in [0.05, 0.1) is 6.10 Å². The third-order valence-corrected chi connectivity index (χ3v) is 3.78. The highest BCUT2D eigenvalue weighted by Crippen LogP contribution is 2.25. The van der Waals surface area contributed by atoms with E-state index in [4.69, 9.17) is 0 Å². The molecule has 23 heavy (non-hydrogen) atoms. The summed E-state index contributed by atoms with van der Waals surface area (Å²) < 4.78 is 13.0. The molecule has 1 rings (SSSR count). The maximum absolute atomic E-state index is 13.0. The zero-order valence-corrected chi connectivity index (χ0v) is 14.2. The average molecular weight is 324 g/mol. The lowest BCUT2D eigenvalue weighted by molar-refractivity contribution is -0.136. The topological polar surface area (TPSA) is 78.4 Å². The van der Waals surface area contributed by atoms with Gasteiger partial charge in [-0.1, -0.05) is 27.7 Å². The maximum atomic E-state index is 13.0. The van der Waals surface area contributed by atoms with Gasteiger partial charge in [-0.2, -0.15) is 0 Å². The summed E-state index contributed by atoms with van der Waals surface area (Å²) >= 11 is 0. The summed E-state index contributed by atoms with van der Waals surface area (Å²) in [6.45, 7) is 9.22. The van der Waals surface area contributed by atoms with E-state index < -0.39 is 29.2 Å². The molecule has 0 heterocycles. The molecule has 1 aromatic rings. The largest absolute Gasteiger partial charge is 0.392 e. The molecule has 0 saturated heterocycles. The predicted molar refractivity (Wildman–Crippen MR) is 87.4 cm³/mol. The number of carbonyl (C=O) groups excluding carboxylic acids is 2. The first-order valence-corrected chi connectivity index (χ1v) is 7.58. The second-order valence-electron chi connectivity index (χ2n) is 6.77. The van der Waals surface area contributed by atoms with Gasteiger partial charge in [0, 0.05) is 17.6 Å². The highest BCUT2D eigenvalue weighted by Gasteiger charge is 2.31. The van der Waals surface area contributed by atoms with Crippen LogP contribution in [0.15, 0.2) is 18.2 Å². The SMILES string of the molecule is Cc1cc(F)ccc1NC(=O)C(=O)NCC(C)(C)C(O)C(C)C. The van der Waals surface area contributed by atoms with Crippen LogP contribution in [0.5, 0.6) is 0 Å². The lowest BCUT2D eigenvalue weighted by atomic mass is 9.81. The minimum atomic E-state index is -0.824. The first-order valence-electron chi connectivity index (χ1n) is 7.58. The molecule has 128 valence electrons. The van der Waals surface area contributed by atoms with Crippen LogP contribution in [0.1, 0.15) is 33.3 Å². The van der Waals surface area contributed by atoms with Crippen molar-refractivity contribution >= 4 is 17.5 Å². The Morgan fingerprint density at radius 1 is 1.26 bits per heavy atom. The van der Waals surface area contributed by atoms with E-state index >= 15 is 0 Å². The molecule has 0 aliphatic carbocycles. The second-order valence-corrected chi connectivity index (χ2v) is 6.77. The van der Waals surface area contributed by atoms with Crippen molar-refractivity contribution in [3.8, 4) is 0 Å². The summed E-state index contributed by atoms with van der Waals surface area (Å²) in [6, 6.07) is 3.89. The van der Waals surface area contributed by atoms with Crippen molar-refractivity contribution < 1.29 is 19.1 Å². The van der Waals surface area contributed by atoms with Crippen LogP contribution < -0.4 is 10.6 Å². The van der Waals surface area contributed by atoms with Crippen LogP contribution in [0.2, 0.25) is 0 Å². The van der Waals surface area contributed by atoms with Gasteiger partial charge in [-0.05, 0) is 36.6 Å². The van der Waals surface area contributed by atoms with Crippen LogP contribution in [-0.2, 0) is 9.59 Å². The molecular weight excluding hydrogens is 299 g/mol. The Labute approximate surface area is 136 Å². The maximum Gasteiger partial charge on any atom is 0.313 e. The number of rotatable bonds is 5. The van der Waals surface area contributed by atoms with E-state index in [1.807, 2.05) is 27.7 Å². The molecule has 0 fully saturated rings. The van der Waals surface area contributed by atoms with Crippen LogP contribution >= 0.6 is 0 Å². The molecule has 0 aromatic heterocycles. The molecule has 0 bridgehead atoms. The molecule has 1 atom stereocenters. The van der Waals surface area contributed by atoms with E-state index in [9.17, 15) is 19.1 Å². The monoisotopic (exact) mass is 324 g/mol. The summed E-state index contributed by atoms with van der Waals surface area (Å²) in [4.78, 5) is 23.8. The number of nitrogens with one attached hydrogen (secondary N) is 2. The van der Waals surface area contributed by atoms with Crippen molar-refractivity contribution in [1.29, 1.82) is 0 Å². The van der Waals surface area contributed by atoms with Gasteiger partial charge < -0.3 is 15.7 Å². The lowest BCUT2D eigenvalue weighted by Crippen LogP contribution is -2.46. The van der Waals surface area contributed by atoms with Crippen LogP contribution in [0.4, 0.5) is 10.1 Å². The first-order chi connectivity index (χ1) is 10.5.